The number of methoxy groups -OCH3 is 1. The van der Waals surface area contributed by atoms with Crippen LogP contribution in [0.2, 0.25) is 0 Å². The first-order chi connectivity index (χ1) is 10.7. The van der Waals surface area contributed by atoms with Gasteiger partial charge in [-0.05, 0) is 30.3 Å². The number of para-hydroxylation sites is 1. The van der Waals surface area contributed by atoms with Crippen LogP contribution in [0.25, 0.3) is 10.9 Å². The summed E-state index contributed by atoms with van der Waals surface area (Å²) < 4.78 is 5.14. The average Bonchev–Trinajstić information content (AvgIpc) is 2.55. The average molecular weight is 290 g/mol. The molecular weight excluding hydrogens is 276 g/mol. The van der Waals surface area contributed by atoms with Gasteiger partial charge in [0.15, 0.2) is 0 Å². The third-order valence-corrected chi connectivity index (χ3v) is 3.39. The summed E-state index contributed by atoms with van der Waals surface area (Å²) in [5.74, 6) is 0.988. The maximum atomic E-state index is 9.39. The lowest BCUT2D eigenvalue weighted by atomic mass is 10.1. The first kappa shape index (κ1) is 13.7. The van der Waals surface area contributed by atoms with E-state index in [1.165, 1.54) is 0 Å². The monoisotopic (exact) mass is 290 g/mol. The topological polar surface area (TPSA) is 84.0 Å². The van der Waals surface area contributed by atoms with Gasteiger partial charge >= 0.3 is 0 Å². The van der Waals surface area contributed by atoms with E-state index in [0.717, 1.165) is 22.3 Å². The Morgan fingerprint density at radius 2 is 1.86 bits per heavy atom. The number of nitrogens with one attached hydrogen (secondary N) is 1. The number of aromatic nitrogens is 1. The largest absolute Gasteiger partial charge is 0.497 e. The smallest absolute Gasteiger partial charge is 0.144 e. The van der Waals surface area contributed by atoms with E-state index in [4.69, 9.17) is 10.5 Å². The van der Waals surface area contributed by atoms with E-state index in [2.05, 4.69) is 16.4 Å². The van der Waals surface area contributed by atoms with Crippen LogP contribution in [0.1, 0.15) is 5.56 Å². The second kappa shape index (κ2) is 5.62. The van der Waals surface area contributed by atoms with Gasteiger partial charge in [-0.15, -0.1) is 0 Å². The van der Waals surface area contributed by atoms with Gasteiger partial charge in [-0.25, -0.2) is 4.98 Å². The van der Waals surface area contributed by atoms with Crippen molar-refractivity contribution in [1.82, 2.24) is 4.98 Å². The summed E-state index contributed by atoms with van der Waals surface area (Å²) in [6, 6.07) is 17.1. The van der Waals surface area contributed by atoms with Crippen molar-refractivity contribution in [2.24, 2.45) is 0 Å². The summed E-state index contributed by atoms with van der Waals surface area (Å²) in [6.45, 7) is 0. The molecule has 0 fully saturated rings. The van der Waals surface area contributed by atoms with E-state index in [1.54, 1.807) is 7.11 Å². The number of fused-ring (bicyclic) bond motifs is 1. The molecule has 0 aliphatic heterocycles. The third-order valence-electron chi connectivity index (χ3n) is 3.39. The molecule has 3 aromatic rings. The molecule has 2 aromatic carbocycles. The van der Waals surface area contributed by atoms with Crippen LogP contribution in [0.3, 0.4) is 0 Å². The molecule has 22 heavy (non-hydrogen) atoms. The van der Waals surface area contributed by atoms with Gasteiger partial charge in [0, 0.05) is 11.1 Å². The van der Waals surface area contributed by atoms with Crippen molar-refractivity contribution in [3.8, 4) is 11.8 Å². The number of anilines is 3. The number of benzene rings is 2. The molecule has 0 radical (unpaired) electrons. The highest BCUT2D eigenvalue weighted by Gasteiger charge is 2.13. The van der Waals surface area contributed by atoms with Gasteiger partial charge < -0.3 is 15.8 Å². The Morgan fingerprint density at radius 1 is 1.14 bits per heavy atom. The highest BCUT2D eigenvalue weighted by atomic mass is 16.5. The Bertz CT molecular complexity index is 866. The molecule has 0 saturated carbocycles. The summed E-state index contributed by atoms with van der Waals surface area (Å²) in [4.78, 5) is 4.27. The minimum atomic E-state index is 0.220. The van der Waals surface area contributed by atoms with Gasteiger partial charge in [-0.2, -0.15) is 5.26 Å². The first-order valence-corrected chi connectivity index (χ1v) is 6.72. The van der Waals surface area contributed by atoms with Crippen LogP contribution in [0.5, 0.6) is 5.75 Å². The van der Waals surface area contributed by atoms with Gasteiger partial charge in [0.2, 0.25) is 0 Å². The molecule has 3 rings (SSSR count). The first-order valence-electron chi connectivity index (χ1n) is 6.72. The molecule has 5 heteroatoms. The summed E-state index contributed by atoms with van der Waals surface area (Å²) in [5.41, 5.74) is 8.49. The predicted octanol–water partition coefficient (Wildman–Crippen LogP) is 3.44. The molecule has 0 atom stereocenters. The van der Waals surface area contributed by atoms with Crippen molar-refractivity contribution >= 4 is 28.1 Å². The Kier molecular flexibility index (Phi) is 3.50. The fourth-order valence-electron chi connectivity index (χ4n) is 2.29. The standard InChI is InChI=1S/C17H14N4O/c1-22-12-8-6-11(7-9-12)20-16-13-4-2-3-5-15(13)21-17(19)14(16)10-18/h2-9H,1H3,(H3,19,20,21). The zero-order valence-electron chi connectivity index (χ0n) is 12.0. The number of rotatable bonds is 3. The molecule has 0 aliphatic carbocycles. The minimum absolute atomic E-state index is 0.220. The van der Waals surface area contributed by atoms with Crippen molar-refractivity contribution < 1.29 is 4.74 Å². The van der Waals surface area contributed by atoms with Crippen LogP contribution < -0.4 is 15.8 Å². The quantitative estimate of drug-likeness (QED) is 0.772. The number of nitriles is 1. The van der Waals surface area contributed by atoms with E-state index >= 15 is 0 Å². The number of ether oxygens (including phenoxy) is 1. The number of hydrogen-bond acceptors (Lipinski definition) is 5. The molecule has 1 aromatic heterocycles. The Balaban J connectivity index is 2.13. The molecule has 1 heterocycles. The maximum Gasteiger partial charge on any atom is 0.144 e. The zero-order chi connectivity index (χ0) is 15.5. The second-order valence-electron chi connectivity index (χ2n) is 4.73. The molecule has 0 saturated heterocycles. The molecule has 0 spiro atoms. The Morgan fingerprint density at radius 3 is 2.55 bits per heavy atom. The van der Waals surface area contributed by atoms with Gasteiger partial charge in [0.1, 0.15) is 23.2 Å². The lowest BCUT2D eigenvalue weighted by Gasteiger charge is -2.13. The lowest BCUT2D eigenvalue weighted by Crippen LogP contribution is -2.02. The van der Waals surface area contributed by atoms with E-state index in [9.17, 15) is 5.26 Å². The number of pyridine rings is 1. The van der Waals surface area contributed by atoms with Crippen LogP contribution in [0, 0.1) is 11.3 Å². The molecule has 0 aliphatic rings. The molecule has 5 nitrogen and oxygen atoms in total. The van der Waals surface area contributed by atoms with Gasteiger partial charge in [0.25, 0.3) is 0 Å². The van der Waals surface area contributed by atoms with Crippen LogP contribution in [0.15, 0.2) is 48.5 Å². The van der Waals surface area contributed by atoms with Crippen LogP contribution in [-0.2, 0) is 0 Å². The molecule has 0 unspecified atom stereocenters. The number of nitrogens with zero attached hydrogens (tertiary/aromatic N) is 2. The fourth-order valence-corrected chi connectivity index (χ4v) is 2.29. The van der Waals surface area contributed by atoms with Crippen molar-refractivity contribution in [3.05, 3.63) is 54.1 Å². The summed E-state index contributed by atoms with van der Waals surface area (Å²) in [5, 5.41) is 13.5. The van der Waals surface area contributed by atoms with E-state index in [1.807, 2.05) is 48.5 Å². The Labute approximate surface area is 128 Å². The number of hydrogen-bond donors (Lipinski definition) is 2. The summed E-state index contributed by atoms with van der Waals surface area (Å²) >= 11 is 0. The predicted molar refractivity (Wildman–Crippen MR) is 87.1 cm³/mol. The molecule has 0 bridgehead atoms. The maximum absolute atomic E-state index is 9.39. The van der Waals surface area contributed by atoms with Crippen molar-refractivity contribution in [2.45, 2.75) is 0 Å². The Hall–Kier alpha value is -3.26. The van der Waals surface area contributed by atoms with Gasteiger partial charge in [-0.3, -0.25) is 0 Å². The molecule has 3 N–H and O–H groups in total. The highest BCUT2D eigenvalue weighted by Crippen LogP contribution is 2.32. The molecule has 0 amide bonds. The van der Waals surface area contributed by atoms with Crippen LogP contribution in [0.4, 0.5) is 17.2 Å². The van der Waals surface area contributed by atoms with E-state index in [-0.39, 0.29) is 5.82 Å². The normalized spacial score (nSPS) is 10.2. The lowest BCUT2D eigenvalue weighted by molar-refractivity contribution is 0.415. The highest BCUT2D eigenvalue weighted by molar-refractivity contribution is 5.98. The second-order valence-corrected chi connectivity index (χ2v) is 4.73. The van der Waals surface area contributed by atoms with Crippen molar-refractivity contribution in [2.75, 3.05) is 18.2 Å². The van der Waals surface area contributed by atoms with Crippen LogP contribution >= 0.6 is 0 Å². The van der Waals surface area contributed by atoms with Gasteiger partial charge in [0.05, 0.1) is 18.3 Å². The van der Waals surface area contributed by atoms with Crippen molar-refractivity contribution in [1.29, 1.82) is 5.26 Å². The molecular formula is C17H14N4O. The van der Waals surface area contributed by atoms with Gasteiger partial charge in [-0.1, -0.05) is 18.2 Å². The summed E-state index contributed by atoms with van der Waals surface area (Å²) in [6.07, 6.45) is 0. The van der Waals surface area contributed by atoms with Crippen molar-refractivity contribution in [3.63, 3.8) is 0 Å². The zero-order valence-corrected chi connectivity index (χ0v) is 12.0. The third kappa shape index (κ3) is 2.38. The van der Waals surface area contributed by atoms with Crippen LogP contribution in [-0.4, -0.2) is 12.1 Å². The van der Waals surface area contributed by atoms with E-state index in [0.29, 0.717) is 11.3 Å². The molecule has 108 valence electrons. The minimum Gasteiger partial charge on any atom is -0.497 e. The van der Waals surface area contributed by atoms with E-state index < -0.39 is 0 Å². The number of nitrogens with two attached hydrogens (primary N) is 1. The fraction of sp³-hybridized carbons (Fsp3) is 0.0588. The SMILES string of the molecule is COc1ccc(Nc2c(C#N)c(N)nc3ccccc23)cc1. The summed E-state index contributed by atoms with van der Waals surface area (Å²) in [7, 11) is 1.62. The number of nitrogen functional groups attached to an aromatic ring is 1.